The van der Waals surface area contributed by atoms with Crippen LogP contribution in [0.2, 0.25) is 0 Å². The van der Waals surface area contributed by atoms with E-state index in [1.807, 2.05) is 43.3 Å². The molecule has 0 unspecified atom stereocenters. The normalized spacial score (nSPS) is 11.4. The predicted molar refractivity (Wildman–Crippen MR) is 90.0 cm³/mol. The van der Waals surface area contributed by atoms with Gasteiger partial charge in [0.25, 0.3) is 0 Å². The van der Waals surface area contributed by atoms with E-state index in [2.05, 4.69) is 31.4 Å². The Morgan fingerprint density at radius 1 is 1.05 bits per heavy atom. The van der Waals surface area contributed by atoms with E-state index in [1.54, 1.807) is 0 Å². The van der Waals surface area contributed by atoms with Crippen LogP contribution >= 0.6 is 0 Å². The average Bonchev–Trinajstić information content (AvgIpc) is 2.42. The molecule has 2 N–H and O–H groups in total. The molecule has 5 nitrogen and oxygen atoms in total. The smallest absolute Gasteiger partial charge is 0.313 e. The molecule has 1 aromatic carbocycles. The highest BCUT2D eigenvalue weighted by Gasteiger charge is 2.15. The van der Waals surface area contributed by atoms with Crippen molar-refractivity contribution in [3.8, 4) is 0 Å². The highest BCUT2D eigenvalue weighted by atomic mass is 16.2. The van der Waals surface area contributed by atoms with Gasteiger partial charge in [-0.2, -0.15) is 0 Å². The second kappa shape index (κ2) is 7.94. The Hall–Kier alpha value is -1.88. The van der Waals surface area contributed by atoms with Crippen molar-refractivity contribution in [2.24, 2.45) is 0 Å². The first-order valence-corrected chi connectivity index (χ1v) is 7.54. The van der Waals surface area contributed by atoms with Crippen LogP contribution in [0.25, 0.3) is 0 Å². The molecule has 1 rings (SSSR count). The maximum absolute atomic E-state index is 11.8. The minimum atomic E-state index is -0.631. The van der Waals surface area contributed by atoms with Gasteiger partial charge in [0.05, 0.1) is 0 Å². The fourth-order valence-corrected chi connectivity index (χ4v) is 1.92. The number of rotatable bonds is 5. The molecule has 0 fully saturated rings. The molecule has 0 aliphatic carbocycles. The maximum atomic E-state index is 11.8. The average molecular weight is 305 g/mol. The summed E-state index contributed by atoms with van der Waals surface area (Å²) in [6.07, 6.45) is 0.812. The fourth-order valence-electron chi connectivity index (χ4n) is 1.92. The summed E-state index contributed by atoms with van der Waals surface area (Å²) in [5, 5.41) is 5.22. The van der Waals surface area contributed by atoms with Crippen molar-refractivity contribution in [1.82, 2.24) is 10.2 Å². The zero-order chi connectivity index (χ0) is 16.8. The van der Waals surface area contributed by atoms with E-state index in [1.165, 1.54) is 5.56 Å². The molecule has 0 atom stereocenters. The van der Waals surface area contributed by atoms with Crippen LogP contribution in [0.1, 0.15) is 32.8 Å². The molecule has 2 amide bonds. The highest BCUT2D eigenvalue weighted by molar-refractivity contribution is 6.39. The zero-order valence-corrected chi connectivity index (χ0v) is 14.2. The monoisotopic (exact) mass is 305 g/mol. The van der Waals surface area contributed by atoms with E-state index in [0.29, 0.717) is 12.2 Å². The van der Waals surface area contributed by atoms with Crippen molar-refractivity contribution in [2.75, 3.05) is 32.5 Å². The molecule has 0 radical (unpaired) electrons. The lowest BCUT2D eigenvalue weighted by atomic mass is 9.87. The van der Waals surface area contributed by atoms with Crippen molar-refractivity contribution in [1.29, 1.82) is 0 Å². The van der Waals surface area contributed by atoms with Crippen molar-refractivity contribution in [3.05, 3.63) is 29.8 Å². The summed E-state index contributed by atoms with van der Waals surface area (Å²) in [6.45, 7) is 7.74. The van der Waals surface area contributed by atoms with Crippen LogP contribution in [0.3, 0.4) is 0 Å². The number of carbonyl (C=O) groups excluding carboxylic acids is 2. The van der Waals surface area contributed by atoms with Crippen LogP contribution in [-0.4, -0.2) is 43.9 Å². The SMILES string of the molecule is CN(C)CCCNC(=O)C(=O)Nc1ccc(C(C)(C)C)cc1. The van der Waals surface area contributed by atoms with Gasteiger partial charge < -0.3 is 15.5 Å². The third kappa shape index (κ3) is 6.26. The molecule has 0 saturated carbocycles. The zero-order valence-electron chi connectivity index (χ0n) is 14.2. The number of hydrogen-bond acceptors (Lipinski definition) is 3. The van der Waals surface area contributed by atoms with Gasteiger partial charge in [-0.15, -0.1) is 0 Å². The quantitative estimate of drug-likeness (QED) is 0.646. The largest absolute Gasteiger partial charge is 0.348 e. The molecule has 0 aromatic heterocycles. The van der Waals surface area contributed by atoms with Crippen LogP contribution < -0.4 is 10.6 Å². The number of nitrogens with one attached hydrogen (secondary N) is 2. The third-order valence-electron chi connectivity index (χ3n) is 3.28. The Morgan fingerprint density at radius 3 is 2.14 bits per heavy atom. The second-order valence-electron chi connectivity index (χ2n) is 6.69. The first-order valence-electron chi connectivity index (χ1n) is 7.54. The molecule has 0 spiro atoms. The van der Waals surface area contributed by atoms with Gasteiger partial charge in [0.2, 0.25) is 0 Å². The summed E-state index contributed by atoms with van der Waals surface area (Å²) in [7, 11) is 3.94. The van der Waals surface area contributed by atoms with E-state index in [4.69, 9.17) is 0 Å². The molecule has 0 heterocycles. The van der Waals surface area contributed by atoms with Gasteiger partial charge in [0.15, 0.2) is 0 Å². The number of carbonyl (C=O) groups is 2. The molecule has 0 aliphatic heterocycles. The van der Waals surface area contributed by atoms with Gasteiger partial charge in [-0.1, -0.05) is 32.9 Å². The molecule has 5 heteroatoms. The lowest BCUT2D eigenvalue weighted by molar-refractivity contribution is -0.136. The third-order valence-corrected chi connectivity index (χ3v) is 3.28. The van der Waals surface area contributed by atoms with Crippen LogP contribution in [0.15, 0.2) is 24.3 Å². The molecular formula is C17H27N3O2. The number of amides is 2. The molecule has 0 saturated heterocycles. The lowest BCUT2D eigenvalue weighted by Gasteiger charge is -2.19. The van der Waals surface area contributed by atoms with Gasteiger partial charge in [-0.25, -0.2) is 0 Å². The van der Waals surface area contributed by atoms with E-state index in [9.17, 15) is 9.59 Å². The van der Waals surface area contributed by atoms with Crippen molar-refractivity contribution in [3.63, 3.8) is 0 Å². The number of anilines is 1. The molecule has 0 bridgehead atoms. The summed E-state index contributed by atoms with van der Waals surface area (Å²) < 4.78 is 0. The van der Waals surface area contributed by atoms with Crippen LogP contribution in [0.5, 0.6) is 0 Å². The summed E-state index contributed by atoms with van der Waals surface area (Å²) in [6, 6.07) is 7.56. The highest BCUT2D eigenvalue weighted by Crippen LogP contribution is 2.23. The first kappa shape index (κ1) is 18.2. The molecule has 1 aromatic rings. The van der Waals surface area contributed by atoms with Gasteiger partial charge in [-0.3, -0.25) is 9.59 Å². The van der Waals surface area contributed by atoms with Crippen molar-refractivity contribution >= 4 is 17.5 Å². The van der Waals surface area contributed by atoms with E-state index in [0.717, 1.165) is 13.0 Å². The summed E-state index contributed by atoms with van der Waals surface area (Å²) in [5.74, 6) is -1.23. The number of nitrogens with zero attached hydrogens (tertiary/aromatic N) is 1. The maximum Gasteiger partial charge on any atom is 0.313 e. The van der Waals surface area contributed by atoms with Crippen LogP contribution in [0.4, 0.5) is 5.69 Å². The standard InChI is InChI=1S/C17H27N3O2/c1-17(2,3)13-7-9-14(10-8-13)19-16(22)15(21)18-11-6-12-20(4)5/h7-10H,6,11-12H2,1-5H3,(H,18,21)(H,19,22). The molecule has 122 valence electrons. The minimum Gasteiger partial charge on any atom is -0.348 e. The van der Waals surface area contributed by atoms with Crippen molar-refractivity contribution in [2.45, 2.75) is 32.6 Å². The van der Waals surface area contributed by atoms with Crippen LogP contribution in [-0.2, 0) is 15.0 Å². The Labute approximate surface area is 133 Å². The van der Waals surface area contributed by atoms with Gasteiger partial charge in [0.1, 0.15) is 0 Å². The summed E-state index contributed by atoms with van der Waals surface area (Å²) in [5.41, 5.74) is 1.87. The van der Waals surface area contributed by atoms with E-state index < -0.39 is 11.8 Å². The topological polar surface area (TPSA) is 61.4 Å². The minimum absolute atomic E-state index is 0.0619. The Balaban J connectivity index is 2.45. The van der Waals surface area contributed by atoms with Gasteiger partial charge in [-0.05, 0) is 50.2 Å². The van der Waals surface area contributed by atoms with E-state index in [-0.39, 0.29) is 5.41 Å². The number of benzene rings is 1. The van der Waals surface area contributed by atoms with E-state index >= 15 is 0 Å². The molecular weight excluding hydrogens is 278 g/mol. The Bertz CT molecular complexity index is 502. The molecule has 0 aliphatic rings. The fraction of sp³-hybridized carbons (Fsp3) is 0.529. The Morgan fingerprint density at radius 2 is 1.64 bits per heavy atom. The first-order chi connectivity index (χ1) is 10.2. The van der Waals surface area contributed by atoms with Gasteiger partial charge in [0, 0.05) is 12.2 Å². The predicted octanol–water partition coefficient (Wildman–Crippen LogP) is 1.99. The second-order valence-corrected chi connectivity index (χ2v) is 6.69. The summed E-state index contributed by atoms with van der Waals surface area (Å²) >= 11 is 0. The molecule has 22 heavy (non-hydrogen) atoms. The summed E-state index contributed by atoms with van der Waals surface area (Å²) in [4.78, 5) is 25.5. The Kier molecular flexibility index (Phi) is 6.56. The number of hydrogen-bond donors (Lipinski definition) is 2. The van der Waals surface area contributed by atoms with Gasteiger partial charge >= 0.3 is 11.8 Å². The van der Waals surface area contributed by atoms with Crippen LogP contribution in [0, 0.1) is 0 Å². The van der Waals surface area contributed by atoms with Crippen molar-refractivity contribution < 1.29 is 9.59 Å². The lowest BCUT2D eigenvalue weighted by Crippen LogP contribution is -2.36.